The lowest BCUT2D eigenvalue weighted by Crippen LogP contribution is -2.29. The van der Waals surface area contributed by atoms with E-state index in [1.54, 1.807) is 0 Å². The van der Waals surface area contributed by atoms with Crippen LogP contribution in [0, 0.1) is 23.7 Å². The van der Waals surface area contributed by atoms with E-state index in [0.717, 1.165) is 23.7 Å². The first-order valence-corrected chi connectivity index (χ1v) is 5.33. The molecule has 0 amide bonds. The van der Waals surface area contributed by atoms with Gasteiger partial charge >= 0.3 is 0 Å². The maximum Gasteiger partial charge on any atom is -0.0208 e. The normalized spacial score (nSPS) is 42.6. The summed E-state index contributed by atoms with van der Waals surface area (Å²) in [6.07, 6.45) is 6.30. The molecule has 0 N–H and O–H groups in total. The van der Waals surface area contributed by atoms with Gasteiger partial charge in [-0.1, -0.05) is 33.3 Å². The minimum Gasteiger partial charge on any atom is -0.103 e. The molecule has 0 saturated heterocycles. The highest BCUT2D eigenvalue weighted by Crippen LogP contribution is 2.40. The van der Waals surface area contributed by atoms with E-state index in [-0.39, 0.29) is 0 Å². The second kappa shape index (κ2) is 4.11. The Bertz CT molecular complexity index is 148. The van der Waals surface area contributed by atoms with E-state index in [4.69, 9.17) is 0 Å². The maximum atomic E-state index is 3.92. The van der Waals surface area contributed by atoms with Crippen LogP contribution in [0.2, 0.25) is 0 Å². The van der Waals surface area contributed by atoms with Crippen molar-refractivity contribution in [2.75, 3.05) is 0 Å². The van der Waals surface area contributed by atoms with Crippen molar-refractivity contribution in [2.45, 2.75) is 40.0 Å². The summed E-state index contributed by atoms with van der Waals surface area (Å²) in [5.41, 5.74) is 0. The van der Waals surface area contributed by atoms with Gasteiger partial charge in [-0.3, -0.25) is 0 Å². The highest BCUT2D eigenvalue weighted by Gasteiger charge is 2.31. The van der Waals surface area contributed by atoms with Crippen molar-refractivity contribution in [3.8, 4) is 0 Å². The zero-order valence-electron chi connectivity index (χ0n) is 8.72. The molecule has 0 aliphatic heterocycles. The smallest absolute Gasteiger partial charge is 0.0208 e. The van der Waals surface area contributed by atoms with E-state index in [1.807, 2.05) is 0 Å². The van der Waals surface area contributed by atoms with Crippen LogP contribution in [0.5, 0.6) is 0 Å². The fraction of sp³-hybridized carbons (Fsp3) is 0.833. The molecule has 1 saturated carbocycles. The van der Waals surface area contributed by atoms with Crippen LogP contribution in [0.3, 0.4) is 0 Å². The molecule has 0 heterocycles. The number of hydrogen-bond donors (Lipinski definition) is 0. The van der Waals surface area contributed by atoms with Gasteiger partial charge in [0.2, 0.25) is 0 Å². The Labute approximate surface area is 77.1 Å². The monoisotopic (exact) mass is 166 g/mol. The van der Waals surface area contributed by atoms with Gasteiger partial charge < -0.3 is 0 Å². The lowest BCUT2D eigenvalue weighted by Gasteiger charge is -2.38. The molecule has 12 heavy (non-hydrogen) atoms. The quantitative estimate of drug-likeness (QED) is 0.546. The molecule has 1 rings (SSSR count). The molecule has 0 aromatic heterocycles. The van der Waals surface area contributed by atoms with Gasteiger partial charge in [0, 0.05) is 0 Å². The van der Waals surface area contributed by atoms with E-state index in [1.165, 1.54) is 19.3 Å². The summed E-state index contributed by atoms with van der Waals surface area (Å²) >= 11 is 0. The van der Waals surface area contributed by atoms with Gasteiger partial charge in [-0.25, -0.2) is 0 Å². The Morgan fingerprint density at radius 3 is 2.42 bits per heavy atom. The highest BCUT2D eigenvalue weighted by atomic mass is 14.4. The van der Waals surface area contributed by atoms with Gasteiger partial charge in [0.15, 0.2) is 0 Å². The third-order valence-corrected chi connectivity index (χ3v) is 3.95. The van der Waals surface area contributed by atoms with Crippen LogP contribution in [0.25, 0.3) is 0 Å². The van der Waals surface area contributed by atoms with Gasteiger partial charge in [-0.15, -0.1) is 6.58 Å². The molecule has 0 bridgehead atoms. The van der Waals surface area contributed by atoms with Crippen molar-refractivity contribution >= 4 is 0 Å². The van der Waals surface area contributed by atoms with E-state index in [9.17, 15) is 0 Å². The van der Waals surface area contributed by atoms with Gasteiger partial charge in [0.25, 0.3) is 0 Å². The molecule has 1 fully saturated rings. The molecule has 0 aromatic carbocycles. The predicted molar refractivity (Wildman–Crippen MR) is 55.0 cm³/mol. The van der Waals surface area contributed by atoms with Gasteiger partial charge in [0.05, 0.1) is 0 Å². The minimum absolute atomic E-state index is 0.780. The Morgan fingerprint density at radius 2 is 1.92 bits per heavy atom. The summed E-state index contributed by atoms with van der Waals surface area (Å²) in [5.74, 6) is 3.49. The summed E-state index contributed by atoms with van der Waals surface area (Å²) in [7, 11) is 0. The first kappa shape index (κ1) is 9.83. The molecular formula is C12H22. The van der Waals surface area contributed by atoms with Crippen LogP contribution in [0.1, 0.15) is 40.0 Å². The van der Waals surface area contributed by atoms with E-state index >= 15 is 0 Å². The van der Waals surface area contributed by atoms with E-state index in [2.05, 4.69) is 33.4 Å². The molecule has 1 aliphatic rings. The standard InChI is InChI=1S/C12H22/c1-5-11-7-8-12(6-2)10(4)9(11)3/h5,9-12H,1,6-8H2,2-4H3/t9-,10-,11-,12+/m1/s1. The summed E-state index contributed by atoms with van der Waals surface area (Å²) in [6, 6.07) is 0. The first-order chi connectivity index (χ1) is 5.70. The van der Waals surface area contributed by atoms with Crippen LogP contribution in [0.4, 0.5) is 0 Å². The molecule has 0 spiro atoms. The molecule has 0 heteroatoms. The predicted octanol–water partition coefficient (Wildman–Crippen LogP) is 3.88. The molecule has 0 unspecified atom stereocenters. The Balaban J connectivity index is 2.58. The zero-order valence-corrected chi connectivity index (χ0v) is 8.72. The SMILES string of the molecule is C=C[C@@H]1CC[C@H](CC)[C@H](C)[C@H]1C. The number of rotatable bonds is 2. The van der Waals surface area contributed by atoms with Crippen LogP contribution in [-0.2, 0) is 0 Å². The highest BCUT2D eigenvalue weighted by molar-refractivity contribution is 4.90. The third kappa shape index (κ3) is 1.73. The average Bonchev–Trinajstić information content (AvgIpc) is 2.10. The fourth-order valence-corrected chi connectivity index (χ4v) is 2.66. The van der Waals surface area contributed by atoms with E-state index < -0.39 is 0 Å². The summed E-state index contributed by atoms with van der Waals surface area (Å²) in [4.78, 5) is 0. The second-order valence-corrected chi connectivity index (χ2v) is 4.36. The Kier molecular flexibility index (Phi) is 3.37. The third-order valence-electron chi connectivity index (χ3n) is 3.95. The topological polar surface area (TPSA) is 0 Å². The van der Waals surface area contributed by atoms with Crippen LogP contribution < -0.4 is 0 Å². The van der Waals surface area contributed by atoms with Crippen molar-refractivity contribution in [1.29, 1.82) is 0 Å². The first-order valence-electron chi connectivity index (χ1n) is 5.33. The summed E-state index contributed by atoms with van der Waals surface area (Å²) < 4.78 is 0. The van der Waals surface area contributed by atoms with Crippen LogP contribution in [-0.4, -0.2) is 0 Å². The van der Waals surface area contributed by atoms with Crippen LogP contribution >= 0.6 is 0 Å². The zero-order chi connectivity index (χ0) is 9.14. The molecule has 4 atom stereocenters. The van der Waals surface area contributed by atoms with Crippen molar-refractivity contribution in [3.63, 3.8) is 0 Å². The second-order valence-electron chi connectivity index (χ2n) is 4.36. The van der Waals surface area contributed by atoms with Crippen molar-refractivity contribution in [3.05, 3.63) is 12.7 Å². The van der Waals surface area contributed by atoms with Crippen molar-refractivity contribution in [2.24, 2.45) is 23.7 Å². The molecule has 1 aliphatic carbocycles. The number of hydrogen-bond acceptors (Lipinski definition) is 0. The lowest BCUT2D eigenvalue weighted by molar-refractivity contribution is 0.138. The van der Waals surface area contributed by atoms with Crippen molar-refractivity contribution in [1.82, 2.24) is 0 Å². The largest absolute Gasteiger partial charge is 0.103 e. The molecule has 0 radical (unpaired) electrons. The molecule has 70 valence electrons. The fourth-order valence-electron chi connectivity index (χ4n) is 2.66. The minimum atomic E-state index is 0.780. The maximum absolute atomic E-state index is 3.92. The van der Waals surface area contributed by atoms with Crippen LogP contribution in [0.15, 0.2) is 12.7 Å². The van der Waals surface area contributed by atoms with Gasteiger partial charge in [-0.05, 0) is 36.5 Å². The van der Waals surface area contributed by atoms with E-state index in [0.29, 0.717) is 0 Å². The van der Waals surface area contributed by atoms with Gasteiger partial charge in [0.1, 0.15) is 0 Å². The average molecular weight is 166 g/mol. The molecule has 0 aromatic rings. The van der Waals surface area contributed by atoms with Gasteiger partial charge in [-0.2, -0.15) is 0 Å². The Morgan fingerprint density at radius 1 is 1.25 bits per heavy atom. The molecular weight excluding hydrogens is 144 g/mol. The summed E-state index contributed by atoms with van der Waals surface area (Å²) in [5, 5.41) is 0. The Hall–Kier alpha value is -0.260. The number of allylic oxidation sites excluding steroid dienone is 1. The molecule has 0 nitrogen and oxygen atoms in total. The lowest BCUT2D eigenvalue weighted by atomic mass is 9.67. The summed E-state index contributed by atoms with van der Waals surface area (Å²) in [6.45, 7) is 11.0. The van der Waals surface area contributed by atoms with Crippen molar-refractivity contribution < 1.29 is 0 Å².